The summed E-state index contributed by atoms with van der Waals surface area (Å²) in [5, 5.41) is 5.99. The molecule has 0 spiro atoms. The summed E-state index contributed by atoms with van der Waals surface area (Å²) in [5.41, 5.74) is 0. The third kappa shape index (κ3) is 3.09. The van der Waals surface area contributed by atoms with E-state index in [2.05, 4.69) is 14.9 Å². The molecule has 1 heterocycles. The van der Waals surface area contributed by atoms with Crippen LogP contribution in [-0.4, -0.2) is 38.4 Å². The SMILES string of the molecule is CCOCCNS(=O)(=O)c1cn[nH]c1. The summed E-state index contributed by atoms with van der Waals surface area (Å²) in [7, 11) is -3.42. The predicted molar refractivity (Wildman–Crippen MR) is 50.3 cm³/mol. The third-order valence-corrected chi connectivity index (χ3v) is 2.95. The summed E-state index contributed by atoms with van der Waals surface area (Å²) in [6.07, 6.45) is 2.58. The topological polar surface area (TPSA) is 84.1 Å². The van der Waals surface area contributed by atoms with Crippen molar-refractivity contribution in [1.82, 2.24) is 14.9 Å². The minimum absolute atomic E-state index is 0.133. The highest BCUT2D eigenvalue weighted by Crippen LogP contribution is 2.02. The number of aromatic nitrogens is 2. The summed E-state index contributed by atoms with van der Waals surface area (Å²) in [5.74, 6) is 0. The molecule has 2 N–H and O–H groups in total. The summed E-state index contributed by atoms with van der Waals surface area (Å²) in [4.78, 5) is 0.133. The summed E-state index contributed by atoms with van der Waals surface area (Å²) < 4.78 is 30.2. The van der Waals surface area contributed by atoms with Gasteiger partial charge in [-0.05, 0) is 6.92 Å². The molecule has 6 nitrogen and oxygen atoms in total. The highest BCUT2D eigenvalue weighted by molar-refractivity contribution is 7.89. The van der Waals surface area contributed by atoms with Gasteiger partial charge in [0.15, 0.2) is 0 Å². The molecular formula is C7H13N3O3S. The molecule has 0 saturated carbocycles. The van der Waals surface area contributed by atoms with Crippen LogP contribution < -0.4 is 4.72 Å². The maximum absolute atomic E-state index is 11.4. The Balaban J connectivity index is 2.44. The molecule has 0 aliphatic heterocycles. The molecular weight excluding hydrogens is 206 g/mol. The molecule has 0 atom stereocenters. The lowest BCUT2D eigenvalue weighted by atomic mass is 10.7. The Morgan fingerprint density at radius 3 is 3.00 bits per heavy atom. The van der Waals surface area contributed by atoms with Gasteiger partial charge in [-0.2, -0.15) is 5.10 Å². The lowest BCUT2D eigenvalue weighted by Gasteiger charge is -2.03. The molecule has 0 fully saturated rings. The first-order valence-corrected chi connectivity index (χ1v) is 5.71. The second-order valence-corrected chi connectivity index (χ2v) is 4.30. The molecule has 0 aliphatic carbocycles. The quantitative estimate of drug-likeness (QED) is 0.645. The van der Waals surface area contributed by atoms with Gasteiger partial charge < -0.3 is 4.74 Å². The molecule has 0 unspecified atom stereocenters. The first kappa shape index (κ1) is 11.2. The third-order valence-electron chi connectivity index (χ3n) is 1.53. The minimum Gasteiger partial charge on any atom is -0.380 e. The van der Waals surface area contributed by atoms with Gasteiger partial charge in [0.1, 0.15) is 4.90 Å². The smallest absolute Gasteiger partial charge is 0.243 e. The highest BCUT2D eigenvalue weighted by Gasteiger charge is 2.13. The zero-order chi connectivity index (χ0) is 10.4. The zero-order valence-electron chi connectivity index (χ0n) is 7.86. The average molecular weight is 219 g/mol. The maximum Gasteiger partial charge on any atom is 0.243 e. The fourth-order valence-electron chi connectivity index (χ4n) is 0.862. The van der Waals surface area contributed by atoms with Gasteiger partial charge in [0.25, 0.3) is 0 Å². The van der Waals surface area contributed by atoms with Crippen molar-refractivity contribution in [3.63, 3.8) is 0 Å². The normalized spacial score (nSPS) is 11.8. The molecule has 0 saturated heterocycles. The first-order chi connectivity index (χ1) is 6.67. The molecule has 80 valence electrons. The van der Waals surface area contributed by atoms with E-state index in [1.54, 1.807) is 0 Å². The van der Waals surface area contributed by atoms with Crippen LogP contribution in [0.25, 0.3) is 0 Å². The van der Waals surface area contributed by atoms with Crippen molar-refractivity contribution in [3.8, 4) is 0 Å². The van der Waals surface area contributed by atoms with Gasteiger partial charge >= 0.3 is 0 Å². The number of rotatable bonds is 6. The first-order valence-electron chi connectivity index (χ1n) is 4.23. The van der Waals surface area contributed by atoms with E-state index in [0.29, 0.717) is 13.2 Å². The number of hydrogen-bond donors (Lipinski definition) is 2. The van der Waals surface area contributed by atoms with Crippen LogP contribution in [0.2, 0.25) is 0 Å². The van der Waals surface area contributed by atoms with Crippen LogP contribution in [-0.2, 0) is 14.8 Å². The zero-order valence-corrected chi connectivity index (χ0v) is 8.67. The maximum atomic E-state index is 11.4. The number of nitrogens with one attached hydrogen (secondary N) is 2. The molecule has 0 radical (unpaired) electrons. The molecule has 0 aliphatic rings. The number of sulfonamides is 1. The van der Waals surface area contributed by atoms with Crippen molar-refractivity contribution in [2.24, 2.45) is 0 Å². The average Bonchev–Trinajstić information content (AvgIpc) is 2.65. The van der Waals surface area contributed by atoms with E-state index in [-0.39, 0.29) is 11.4 Å². The largest absolute Gasteiger partial charge is 0.380 e. The van der Waals surface area contributed by atoms with Gasteiger partial charge in [-0.3, -0.25) is 5.10 Å². The van der Waals surface area contributed by atoms with E-state index in [0.717, 1.165) is 0 Å². The number of hydrogen-bond acceptors (Lipinski definition) is 4. The Morgan fingerprint density at radius 2 is 2.43 bits per heavy atom. The molecule has 0 bridgehead atoms. The standard InChI is InChI=1S/C7H13N3O3S/c1-2-13-4-3-10-14(11,12)7-5-8-9-6-7/h5-6,10H,2-4H2,1H3,(H,8,9). The van der Waals surface area contributed by atoms with Gasteiger partial charge in [0, 0.05) is 19.3 Å². The van der Waals surface area contributed by atoms with Crippen LogP contribution in [0.1, 0.15) is 6.92 Å². The minimum atomic E-state index is -3.42. The monoisotopic (exact) mass is 219 g/mol. The van der Waals surface area contributed by atoms with Crippen molar-refractivity contribution in [2.75, 3.05) is 19.8 Å². The van der Waals surface area contributed by atoms with E-state index in [1.807, 2.05) is 6.92 Å². The Kier molecular flexibility index (Phi) is 4.05. The fourth-order valence-corrected chi connectivity index (χ4v) is 1.78. The summed E-state index contributed by atoms with van der Waals surface area (Å²) in [6, 6.07) is 0. The van der Waals surface area contributed by atoms with Crippen LogP contribution in [0.3, 0.4) is 0 Å². The lowest BCUT2D eigenvalue weighted by molar-refractivity contribution is 0.153. The van der Waals surface area contributed by atoms with Crippen LogP contribution in [0.5, 0.6) is 0 Å². The van der Waals surface area contributed by atoms with Crippen molar-refractivity contribution in [3.05, 3.63) is 12.4 Å². The Hall–Kier alpha value is -0.920. The number of H-pyrrole nitrogens is 1. The van der Waals surface area contributed by atoms with Crippen LogP contribution in [0, 0.1) is 0 Å². The number of aromatic amines is 1. The summed E-state index contributed by atoms with van der Waals surface area (Å²) >= 11 is 0. The second kappa shape index (κ2) is 5.08. The highest BCUT2D eigenvalue weighted by atomic mass is 32.2. The van der Waals surface area contributed by atoms with E-state index < -0.39 is 10.0 Å². The van der Waals surface area contributed by atoms with Crippen LogP contribution >= 0.6 is 0 Å². The van der Waals surface area contributed by atoms with Crippen molar-refractivity contribution >= 4 is 10.0 Å². The Bertz CT molecular complexity index is 346. The van der Waals surface area contributed by atoms with Gasteiger partial charge in [0.05, 0.1) is 12.8 Å². The van der Waals surface area contributed by atoms with E-state index in [4.69, 9.17) is 4.74 Å². The van der Waals surface area contributed by atoms with Crippen molar-refractivity contribution in [1.29, 1.82) is 0 Å². The lowest BCUT2D eigenvalue weighted by Crippen LogP contribution is -2.27. The van der Waals surface area contributed by atoms with Gasteiger partial charge in [-0.15, -0.1) is 0 Å². The molecule has 1 aromatic heterocycles. The van der Waals surface area contributed by atoms with E-state index in [9.17, 15) is 8.42 Å². The van der Waals surface area contributed by atoms with Crippen molar-refractivity contribution in [2.45, 2.75) is 11.8 Å². The fraction of sp³-hybridized carbons (Fsp3) is 0.571. The van der Waals surface area contributed by atoms with Crippen LogP contribution in [0.4, 0.5) is 0 Å². The van der Waals surface area contributed by atoms with Crippen LogP contribution in [0.15, 0.2) is 17.3 Å². The second-order valence-electron chi connectivity index (χ2n) is 2.53. The predicted octanol–water partition coefficient (Wildman–Crippen LogP) is -0.275. The van der Waals surface area contributed by atoms with Gasteiger partial charge in [-0.1, -0.05) is 0 Å². The van der Waals surface area contributed by atoms with Gasteiger partial charge in [-0.25, -0.2) is 13.1 Å². The molecule has 1 rings (SSSR count). The van der Waals surface area contributed by atoms with Gasteiger partial charge in [0.2, 0.25) is 10.0 Å². The number of nitrogens with zero attached hydrogens (tertiary/aromatic N) is 1. The molecule has 14 heavy (non-hydrogen) atoms. The van der Waals surface area contributed by atoms with E-state index >= 15 is 0 Å². The molecule has 7 heteroatoms. The van der Waals surface area contributed by atoms with Crippen molar-refractivity contribution < 1.29 is 13.2 Å². The summed E-state index contributed by atoms with van der Waals surface area (Å²) in [6.45, 7) is 3.06. The Labute approximate surface area is 82.7 Å². The molecule has 0 aromatic carbocycles. The molecule has 0 amide bonds. The Morgan fingerprint density at radius 1 is 1.64 bits per heavy atom. The molecule has 1 aromatic rings. The number of ether oxygens (including phenoxy) is 1. The van der Waals surface area contributed by atoms with E-state index in [1.165, 1.54) is 12.4 Å².